The monoisotopic (exact) mass is 380 g/mol. The maximum absolute atomic E-state index is 12.7. The van der Waals surface area contributed by atoms with E-state index < -0.39 is 10.0 Å². The summed E-state index contributed by atoms with van der Waals surface area (Å²) in [7, 11) is -3.57. The molecule has 2 aromatic carbocycles. The van der Waals surface area contributed by atoms with Crippen LogP contribution in [0.4, 0.5) is 11.6 Å². The highest BCUT2D eigenvalue weighted by Gasteiger charge is 2.27. The van der Waals surface area contributed by atoms with Crippen molar-refractivity contribution in [2.75, 3.05) is 5.32 Å². The molecule has 2 N–H and O–H groups in total. The predicted octanol–water partition coefficient (Wildman–Crippen LogP) is 3.49. The average molecular weight is 380 g/mol. The van der Waals surface area contributed by atoms with Crippen molar-refractivity contribution in [3.05, 3.63) is 77.6 Å². The molecule has 0 amide bonds. The average Bonchev–Trinajstić information content (AvgIpc) is 3.04. The molecule has 6 nitrogen and oxygen atoms in total. The van der Waals surface area contributed by atoms with Crippen molar-refractivity contribution in [2.24, 2.45) is 0 Å². The van der Waals surface area contributed by atoms with E-state index in [9.17, 15) is 8.42 Å². The van der Waals surface area contributed by atoms with E-state index in [1.807, 2.05) is 25.1 Å². The highest BCUT2D eigenvalue weighted by atomic mass is 32.2. The molecule has 1 aromatic heterocycles. The number of aryl methyl sites for hydroxylation is 2. The van der Waals surface area contributed by atoms with E-state index in [0.717, 1.165) is 35.2 Å². The smallest absolute Gasteiger partial charge is 0.241 e. The fourth-order valence-electron chi connectivity index (χ4n) is 3.27. The van der Waals surface area contributed by atoms with Gasteiger partial charge in [-0.2, -0.15) is 0 Å². The van der Waals surface area contributed by atoms with Gasteiger partial charge in [-0.05, 0) is 61.2 Å². The first-order valence-electron chi connectivity index (χ1n) is 8.77. The molecule has 0 saturated carbocycles. The molecule has 138 valence electrons. The second kappa shape index (κ2) is 7.09. The first-order valence-corrected chi connectivity index (χ1v) is 10.3. The maximum Gasteiger partial charge on any atom is 0.241 e. The maximum atomic E-state index is 12.7. The number of nitrogens with zero attached hydrogens (tertiary/aromatic N) is 2. The van der Waals surface area contributed by atoms with E-state index in [4.69, 9.17) is 0 Å². The van der Waals surface area contributed by atoms with Gasteiger partial charge in [-0.25, -0.2) is 23.1 Å². The Morgan fingerprint density at radius 2 is 1.78 bits per heavy atom. The molecule has 1 aliphatic carbocycles. The Labute approximate surface area is 158 Å². The SMILES string of the molecule is Cc1ccc(S(=O)(=O)NC2CCc3ccc(Nc4ncccn4)cc32)cc1. The Kier molecular flexibility index (Phi) is 4.63. The van der Waals surface area contributed by atoms with E-state index in [2.05, 4.69) is 20.0 Å². The summed E-state index contributed by atoms with van der Waals surface area (Å²) in [6, 6.07) is 14.4. The second-order valence-electron chi connectivity index (χ2n) is 6.64. The van der Waals surface area contributed by atoms with Crippen molar-refractivity contribution in [1.82, 2.24) is 14.7 Å². The summed E-state index contributed by atoms with van der Waals surface area (Å²) in [5.41, 5.74) is 4.01. The van der Waals surface area contributed by atoms with Gasteiger partial charge in [-0.1, -0.05) is 23.8 Å². The summed E-state index contributed by atoms with van der Waals surface area (Å²) >= 11 is 0. The zero-order valence-corrected chi connectivity index (χ0v) is 15.7. The number of hydrogen-bond donors (Lipinski definition) is 2. The minimum absolute atomic E-state index is 0.246. The minimum atomic E-state index is -3.57. The van der Waals surface area contributed by atoms with Gasteiger partial charge in [-0.15, -0.1) is 0 Å². The third-order valence-electron chi connectivity index (χ3n) is 4.67. The lowest BCUT2D eigenvalue weighted by molar-refractivity contribution is 0.554. The number of aromatic nitrogens is 2. The number of rotatable bonds is 5. The van der Waals surface area contributed by atoms with E-state index >= 15 is 0 Å². The Balaban J connectivity index is 1.57. The van der Waals surface area contributed by atoms with Gasteiger partial charge in [0.25, 0.3) is 0 Å². The summed E-state index contributed by atoms with van der Waals surface area (Å²) in [6.45, 7) is 1.93. The van der Waals surface area contributed by atoms with Crippen LogP contribution in [0.5, 0.6) is 0 Å². The van der Waals surface area contributed by atoms with Crippen LogP contribution in [0.15, 0.2) is 65.8 Å². The number of fused-ring (bicyclic) bond motifs is 1. The van der Waals surface area contributed by atoms with Crippen LogP contribution in [0.25, 0.3) is 0 Å². The van der Waals surface area contributed by atoms with Gasteiger partial charge in [0.2, 0.25) is 16.0 Å². The Morgan fingerprint density at radius 3 is 2.52 bits per heavy atom. The van der Waals surface area contributed by atoms with Crippen molar-refractivity contribution >= 4 is 21.7 Å². The lowest BCUT2D eigenvalue weighted by Gasteiger charge is -2.16. The zero-order chi connectivity index (χ0) is 18.9. The number of sulfonamides is 1. The lowest BCUT2D eigenvalue weighted by Crippen LogP contribution is -2.27. The Bertz CT molecular complexity index is 1050. The van der Waals surface area contributed by atoms with Crippen LogP contribution in [0.2, 0.25) is 0 Å². The van der Waals surface area contributed by atoms with Crippen molar-refractivity contribution in [1.29, 1.82) is 0 Å². The van der Waals surface area contributed by atoms with Crippen LogP contribution in [0, 0.1) is 6.92 Å². The fraction of sp³-hybridized carbons (Fsp3) is 0.200. The molecule has 0 radical (unpaired) electrons. The Hall–Kier alpha value is -2.77. The van der Waals surface area contributed by atoms with Crippen molar-refractivity contribution in [2.45, 2.75) is 30.7 Å². The number of benzene rings is 2. The fourth-order valence-corrected chi connectivity index (χ4v) is 4.52. The van der Waals surface area contributed by atoms with E-state index in [1.54, 1.807) is 42.7 Å². The summed E-state index contributed by atoms with van der Waals surface area (Å²) in [5.74, 6) is 0.507. The molecule has 0 aliphatic heterocycles. The number of nitrogens with one attached hydrogen (secondary N) is 2. The van der Waals surface area contributed by atoms with Crippen LogP contribution in [0.1, 0.15) is 29.2 Å². The molecule has 0 saturated heterocycles. The van der Waals surface area contributed by atoms with Gasteiger partial charge in [-0.3, -0.25) is 0 Å². The molecule has 7 heteroatoms. The number of anilines is 2. The standard InChI is InChI=1S/C20H20N4O2S/c1-14-3-8-17(9-4-14)27(25,26)24-19-10-6-15-5-7-16(13-18(15)19)23-20-21-11-2-12-22-20/h2-5,7-9,11-13,19,24H,6,10H2,1H3,(H,21,22,23). The molecular weight excluding hydrogens is 360 g/mol. The summed E-state index contributed by atoms with van der Waals surface area (Å²) in [4.78, 5) is 8.60. The molecule has 4 rings (SSSR count). The van der Waals surface area contributed by atoms with Gasteiger partial charge < -0.3 is 5.32 Å². The largest absolute Gasteiger partial charge is 0.324 e. The van der Waals surface area contributed by atoms with Crippen molar-refractivity contribution in [3.8, 4) is 0 Å². The van der Waals surface area contributed by atoms with Crippen LogP contribution in [-0.2, 0) is 16.4 Å². The topological polar surface area (TPSA) is 84.0 Å². The zero-order valence-electron chi connectivity index (χ0n) is 14.9. The normalized spacial score (nSPS) is 16.1. The van der Waals surface area contributed by atoms with Crippen molar-refractivity contribution in [3.63, 3.8) is 0 Å². The summed E-state index contributed by atoms with van der Waals surface area (Å²) < 4.78 is 28.3. The highest BCUT2D eigenvalue weighted by molar-refractivity contribution is 7.89. The molecule has 0 fully saturated rings. The van der Waals surface area contributed by atoms with Gasteiger partial charge >= 0.3 is 0 Å². The molecule has 1 unspecified atom stereocenters. The van der Waals surface area contributed by atoms with Crippen LogP contribution < -0.4 is 10.0 Å². The first kappa shape index (κ1) is 17.6. The predicted molar refractivity (Wildman–Crippen MR) is 104 cm³/mol. The lowest BCUT2D eigenvalue weighted by atomic mass is 10.1. The quantitative estimate of drug-likeness (QED) is 0.708. The molecule has 3 aromatic rings. The number of hydrogen-bond acceptors (Lipinski definition) is 5. The minimum Gasteiger partial charge on any atom is -0.324 e. The first-order chi connectivity index (χ1) is 13.0. The highest BCUT2D eigenvalue weighted by Crippen LogP contribution is 2.34. The van der Waals surface area contributed by atoms with Crippen LogP contribution in [0.3, 0.4) is 0 Å². The van der Waals surface area contributed by atoms with Gasteiger partial charge in [0.15, 0.2) is 0 Å². The molecule has 27 heavy (non-hydrogen) atoms. The van der Waals surface area contributed by atoms with Crippen molar-refractivity contribution < 1.29 is 8.42 Å². The molecule has 1 aliphatic rings. The summed E-state index contributed by atoms with van der Waals surface area (Å²) in [6.07, 6.45) is 4.92. The van der Waals surface area contributed by atoms with E-state index in [1.165, 1.54) is 0 Å². The van der Waals surface area contributed by atoms with E-state index in [0.29, 0.717) is 5.95 Å². The van der Waals surface area contributed by atoms with E-state index in [-0.39, 0.29) is 10.9 Å². The van der Waals surface area contributed by atoms with Gasteiger partial charge in [0, 0.05) is 24.1 Å². The summed E-state index contributed by atoms with van der Waals surface area (Å²) in [5, 5.41) is 3.16. The van der Waals surface area contributed by atoms with Gasteiger partial charge in [0.1, 0.15) is 0 Å². The molecular formula is C20H20N4O2S. The second-order valence-corrected chi connectivity index (χ2v) is 8.35. The molecule has 0 spiro atoms. The molecule has 0 bridgehead atoms. The third kappa shape index (κ3) is 3.84. The third-order valence-corrected chi connectivity index (χ3v) is 6.16. The van der Waals surface area contributed by atoms with Gasteiger partial charge in [0.05, 0.1) is 4.90 Å². The molecule has 1 atom stereocenters. The Morgan fingerprint density at radius 1 is 1.04 bits per heavy atom. The van der Waals surface area contributed by atoms with Crippen LogP contribution in [-0.4, -0.2) is 18.4 Å². The van der Waals surface area contributed by atoms with Crippen LogP contribution >= 0.6 is 0 Å². The molecule has 1 heterocycles.